The molecule has 98 valence electrons. The molecule has 0 N–H and O–H groups in total. The first-order valence-electron chi connectivity index (χ1n) is 6.87. The van der Waals surface area contributed by atoms with Crippen molar-refractivity contribution in [3.8, 4) is 0 Å². The van der Waals surface area contributed by atoms with Crippen molar-refractivity contribution in [2.24, 2.45) is 0 Å². The summed E-state index contributed by atoms with van der Waals surface area (Å²) in [6.45, 7) is 2.47. The van der Waals surface area contributed by atoms with Crippen molar-refractivity contribution in [3.05, 3.63) is 24.5 Å². The second kappa shape index (κ2) is 5.14. The Kier molecular flexibility index (Phi) is 3.37. The van der Waals surface area contributed by atoms with Gasteiger partial charge >= 0.3 is 0 Å². The van der Waals surface area contributed by atoms with E-state index >= 15 is 0 Å². The monoisotopic (exact) mass is 248 g/mol. The molecular formula is C14H20N2O2. The van der Waals surface area contributed by atoms with E-state index in [1.165, 1.54) is 0 Å². The second-order valence-electron chi connectivity index (χ2n) is 5.19. The number of likely N-dealkylation sites (tertiary alicyclic amines) is 1. The number of ether oxygens (including phenoxy) is 1. The molecule has 2 fully saturated rings. The Morgan fingerprint density at radius 3 is 2.44 bits per heavy atom. The molecule has 0 bridgehead atoms. The number of piperidine rings is 1. The molecule has 3 rings (SSSR count). The molecule has 2 saturated heterocycles. The van der Waals surface area contributed by atoms with Crippen LogP contribution in [-0.4, -0.2) is 41.2 Å². The van der Waals surface area contributed by atoms with Crippen molar-refractivity contribution < 1.29 is 9.53 Å². The normalized spacial score (nSPS) is 25.6. The number of carbonyl (C=O) groups excluding carboxylic acids is 1. The van der Waals surface area contributed by atoms with Gasteiger partial charge in [-0.25, -0.2) is 0 Å². The highest BCUT2D eigenvalue weighted by molar-refractivity contribution is 5.81. The van der Waals surface area contributed by atoms with Crippen LogP contribution >= 0.6 is 0 Å². The quantitative estimate of drug-likeness (QED) is 0.800. The van der Waals surface area contributed by atoms with Gasteiger partial charge in [-0.05, 0) is 37.8 Å². The van der Waals surface area contributed by atoms with Gasteiger partial charge in [0.2, 0.25) is 0 Å². The van der Waals surface area contributed by atoms with E-state index in [2.05, 4.69) is 29.1 Å². The predicted octanol–water partition coefficient (Wildman–Crippen LogP) is 1.83. The summed E-state index contributed by atoms with van der Waals surface area (Å²) in [5.74, 6) is 0.207. The Morgan fingerprint density at radius 1 is 1.11 bits per heavy atom. The first-order chi connectivity index (χ1) is 8.84. The van der Waals surface area contributed by atoms with Crippen LogP contribution in [0.1, 0.15) is 31.7 Å². The van der Waals surface area contributed by atoms with Crippen LogP contribution in [0.3, 0.4) is 0 Å². The maximum Gasteiger partial charge on any atom is 0.251 e. The maximum absolute atomic E-state index is 12.2. The Balaban J connectivity index is 1.55. The molecule has 2 aliphatic heterocycles. The van der Waals surface area contributed by atoms with Crippen LogP contribution in [-0.2, 0) is 9.53 Å². The van der Waals surface area contributed by atoms with Gasteiger partial charge in [0.25, 0.3) is 5.91 Å². The maximum atomic E-state index is 12.2. The van der Waals surface area contributed by atoms with Gasteiger partial charge in [-0.2, -0.15) is 0 Å². The van der Waals surface area contributed by atoms with Crippen LogP contribution < -0.4 is 0 Å². The molecular weight excluding hydrogens is 228 g/mol. The molecule has 0 spiro atoms. The third kappa shape index (κ3) is 2.29. The molecule has 0 radical (unpaired) electrons. The van der Waals surface area contributed by atoms with Crippen molar-refractivity contribution in [1.29, 1.82) is 0 Å². The van der Waals surface area contributed by atoms with Crippen molar-refractivity contribution >= 4 is 5.91 Å². The van der Waals surface area contributed by atoms with Crippen LogP contribution in [0.2, 0.25) is 0 Å². The Morgan fingerprint density at radius 2 is 1.83 bits per heavy atom. The fourth-order valence-corrected chi connectivity index (χ4v) is 2.95. The summed E-state index contributed by atoms with van der Waals surface area (Å²) < 4.78 is 7.73. The number of rotatable bonds is 2. The van der Waals surface area contributed by atoms with E-state index < -0.39 is 0 Å². The van der Waals surface area contributed by atoms with Crippen LogP contribution in [0.25, 0.3) is 0 Å². The number of carbonyl (C=O) groups is 1. The molecule has 0 aromatic carbocycles. The van der Waals surface area contributed by atoms with Gasteiger partial charge in [0.1, 0.15) is 6.10 Å². The van der Waals surface area contributed by atoms with Gasteiger partial charge < -0.3 is 14.2 Å². The summed E-state index contributed by atoms with van der Waals surface area (Å²) in [5, 5.41) is 0. The number of aromatic nitrogens is 1. The molecule has 1 atom stereocenters. The Labute approximate surface area is 108 Å². The van der Waals surface area contributed by atoms with Gasteiger partial charge in [0.05, 0.1) is 0 Å². The topological polar surface area (TPSA) is 34.5 Å². The highest BCUT2D eigenvalue weighted by Crippen LogP contribution is 2.24. The molecule has 18 heavy (non-hydrogen) atoms. The standard InChI is InChI=1S/C14H20N2O2/c17-14(13-4-3-11-18-13)16-9-5-12(6-10-16)15-7-1-2-8-15/h1-2,7-8,12-13H,3-6,9-11H2. The van der Waals surface area contributed by atoms with Gasteiger partial charge in [-0.3, -0.25) is 4.79 Å². The third-order valence-electron chi connectivity index (χ3n) is 4.03. The van der Waals surface area contributed by atoms with Gasteiger partial charge in [-0.1, -0.05) is 0 Å². The van der Waals surface area contributed by atoms with E-state index in [-0.39, 0.29) is 12.0 Å². The van der Waals surface area contributed by atoms with Crippen molar-refractivity contribution in [3.63, 3.8) is 0 Å². The summed E-state index contributed by atoms with van der Waals surface area (Å²) in [4.78, 5) is 14.2. The largest absolute Gasteiger partial charge is 0.368 e. The van der Waals surface area contributed by atoms with E-state index in [9.17, 15) is 4.79 Å². The first-order valence-corrected chi connectivity index (χ1v) is 6.87. The Hall–Kier alpha value is -1.29. The number of hydrogen-bond donors (Lipinski definition) is 0. The molecule has 4 heteroatoms. The number of amides is 1. The van der Waals surface area contributed by atoms with Gasteiger partial charge in [0, 0.05) is 38.1 Å². The van der Waals surface area contributed by atoms with Crippen molar-refractivity contribution in [2.45, 2.75) is 37.8 Å². The Bertz CT molecular complexity index is 388. The lowest BCUT2D eigenvalue weighted by atomic mass is 10.0. The first kappa shape index (κ1) is 11.8. The number of hydrogen-bond acceptors (Lipinski definition) is 2. The molecule has 0 aliphatic carbocycles. The molecule has 3 heterocycles. The smallest absolute Gasteiger partial charge is 0.251 e. The minimum absolute atomic E-state index is 0.159. The molecule has 1 amide bonds. The average molecular weight is 248 g/mol. The van der Waals surface area contributed by atoms with Crippen molar-refractivity contribution in [1.82, 2.24) is 9.47 Å². The lowest BCUT2D eigenvalue weighted by Gasteiger charge is -2.34. The van der Waals surface area contributed by atoms with E-state index in [1.54, 1.807) is 0 Å². The fraction of sp³-hybridized carbons (Fsp3) is 0.643. The van der Waals surface area contributed by atoms with Crippen molar-refractivity contribution in [2.75, 3.05) is 19.7 Å². The van der Waals surface area contributed by atoms with Crippen LogP contribution in [0, 0.1) is 0 Å². The fourth-order valence-electron chi connectivity index (χ4n) is 2.95. The molecule has 1 aromatic heterocycles. The zero-order chi connectivity index (χ0) is 12.4. The minimum atomic E-state index is -0.159. The van der Waals surface area contributed by atoms with Crippen LogP contribution in [0.4, 0.5) is 0 Å². The average Bonchev–Trinajstić information content (AvgIpc) is 3.11. The molecule has 1 aromatic rings. The zero-order valence-electron chi connectivity index (χ0n) is 10.6. The van der Waals surface area contributed by atoms with E-state index in [0.717, 1.165) is 45.4 Å². The lowest BCUT2D eigenvalue weighted by Crippen LogP contribution is -2.43. The molecule has 4 nitrogen and oxygen atoms in total. The van der Waals surface area contributed by atoms with Crippen LogP contribution in [0.15, 0.2) is 24.5 Å². The highest BCUT2D eigenvalue weighted by atomic mass is 16.5. The highest BCUT2D eigenvalue weighted by Gasteiger charge is 2.30. The molecule has 1 unspecified atom stereocenters. The van der Waals surface area contributed by atoms with Crippen LogP contribution in [0.5, 0.6) is 0 Å². The molecule has 2 aliphatic rings. The summed E-state index contributed by atoms with van der Waals surface area (Å²) in [5.41, 5.74) is 0. The summed E-state index contributed by atoms with van der Waals surface area (Å²) >= 11 is 0. The number of nitrogens with zero attached hydrogens (tertiary/aromatic N) is 2. The SMILES string of the molecule is O=C(C1CCCO1)N1CCC(n2cccc2)CC1. The predicted molar refractivity (Wildman–Crippen MR) is 68.3 cm³/mol. The van der Waals surface area contributed by atoms with E-state index in [4.69, 9.17) is 4.74 Å². The summed E-state index contributed by atoms with van der Waals surface area (Å²) in [6, 6.07) is 4.67. The lowest BCUT2D eigenvalue weighted by molar-refractivity contribution is -0.142. The summed E-state index contributed by atoms with van der Waals surface area (Å²) in [7, 11) is 0. The minimum Gasteiger partial charge on any atom is -0.368 e. The molecule has 0 saturated carbocycles. The summed E-state index contributed by atoms with van der Waals surface area (Å²) in [6.07, 6.45) is 8.09. The second-order valence-corrected chi connectivity index (χ2v) is 5.19. The third-order valence-corrected chi connectivity index (χ3v) is 4.03. The van der Waals surface area contributed by atoms with E-state index in [1.807, 2.05) is 4.90 Å². The van der Waals surface area contributed by atoms with Gasteiger partial charge in [-0.15, -0.1) is 0 Å². The van der Waals surface area contributed by atoms with E-state index in [0.29, 0.717) is 6.04 Å². The zero-order valence-corrected chi connectivity index (χ0v) is 10.6. The van der Waals surface area contributed by atoms with Gasteiger partial charge in [0.15, 0.2) is 0 Å².